The van der Waals surface area contributed by atoms with Crippen molar-refractivity contribution in [3.63, 3.8) is 0 Å². The number of nitrogens with two attached hydrogens (primary N) is 1. The molecule has 0 amide bonds. The first-order valence-corrected chi connectivity index (χ1v) is 10.7. The maximum absolute atomic E-state index is 13.5. The molecule has 0 unspecified atom stereocenters. The van der Waals surface area contributed by atoms with Gasteiger partial charge in [-0.05, 0) is 48.1 Å². The molecule has 164 valence electrons. The number of ether oxygens (including phenoxy) is 1. The molecule has 3 N–H and O–H groups in total. The number of rotatable bonds is 4. The monoisotopic (exact) mass is 428 g/mol. The van der Waals surface area contributed by atoms with Crippen molar-refractivity contribution in [3.8, 4) is 11.8 Å². The Labute approximate surface area is 188 Å². The molecule has 1 heterocycles. The van der Waals surface area contributed by atoms with Crippen LogP contribution in [0.25, 0.3) is 0 Å². The Morgan fingerprint density at radius 1 is 1.19 bits per heavy atom. The van der Waals surface area contributed by atoms with Crippen LogP contribution in [0.2, 0.25) is 0 Å². The molecule has 2 aromatic carbocycles. The standard InChI is InChI=1S/C26H28N4O2/c1-16-12-17(10-11-22(16)32-4)23-19(15-27)25(28)30(29-18-8-6-5-7-9-18)20-13-26(2,3)14-21(31)24(20)23/h5-12,23,29H,13-14,28H2,1-4H3/t23-/m1/s1. The van der Waals surface area contributed by atoms with Gasteiger partial charge in [0, 0.05) is 12.0 Å². The number of nitrogens with one attached hydrogen (secondary N) is 1. The Hall–Kier alpha value is -3.72. The van der Waals surface area contributed by atoms with Crippen molar-refractivity contribution in [2.24, 2.45) is 11.1 Å². The van der Waals surface area contributed by atoms with Gasteiger partial charge in [0.2, 0.25) is 0 Å². The van der Waals surface area contributed by atoms with E-state index < -0.39 is 5.92 Å². The summed E-state index contributed by atoms with van der Waals surface area (Å²) in [6, 6.07) is 17.7. The molecule has 1 atom stereocenters. The number of hydrazine groups is 1. The van der Waals surface area contributed by atoms with Crippen LogP contribution in [-0.4, -0.2) is 17.9 Å². The lowest BCUT2D eigenvalue weighted by atomic mass is 9.69. The third-order valence-electron chi connectivity index (χ3n) is 6.15. The highest BCUT2D eigenvalue weighted by Crippen LogP contribution is 2.49. The lowest BCUT2D eigenvalue weighted by molar-refractivity contribution is -0.118. The summed E-state index contributed by atoms with van der Waals surface area (Å²) in [6.45, 7) is 6.12. The van der Waals surface area contributed by atoms with E-state index in [1.165, 1.54) is 0 Å². The van der Waals surface area contributed by atoms with E-state index in [-0.39, 0.29) is 11.2 Å². The summed E-state index contributed by atoms with van der Waals surface area (Å²) in [4.78, 5) is 13.5. The quantitative estimate of drug-likeness (QED) is 0.729. The molecule has 0 saturated carbocycles. The minimum Gasteiger partial charge on any atom is -0.496 e. The molecule has 0 spiro atoms. The Bertz CT molecular complexity index is 1170. The summed E-state index contributed by atoms with van der Waals surface area (Å²) in [5, 5.41) is 11.9. The third kappa shape index (κ3) is 3.71. The molecule has 0 bridgehead atoms. The van der Waals surface area contributed by atoms with Crippen LogP contribution in [0, 0.1) is 23.7 Å². The molecule has 0 radical (unpaired) electrons. The molecule has 1 aliphatic heterocycles. The fourth-order valence-electron chi connectivity index (χ4n) is 4.69. The number of carbonyl (C=O) groups excluding carboxylic acids is 1. The van der Waals surface area contributed by atoms with Crippen molar-refractivity contribution in [1.82, 2.24) is 5.01 Å². The van der Waals surface area contributed by atoms with Gasteiger partial charge in [-0.3, -0.25) is 10.2 Å². The van der Waals surface area contributed by atoms with Gasteiger partial charge in [0.25, 0.3) is 0 Å². The van der Waals surface area contributed by atoms with Crippen molar-refractivity contribution in [1.29, 1.82) is 5.26 Å². The second-order valence-electron chi connectivity index (χ2n) is 9.19. The number of para-hydroxylation sites is 1. The highest BCUT2D eigenvalue weighted by atomic mass is 16.5. The number of nitriles is 1. The van der Waals surface area contributed by atoms with Crippen LogP contribution in [0.3, 0.4) is 0 Å². The van der Waals surface area contributed by atoms with Gasteiger partial charge in [-0.1, -0.05) is 44.2 Å². The van der Waals surface area contributed by atoms with E-state index in [0.29, 0.717) is 29.8 Å². The van der Waals surface area contributed by atoms with Crippen LogP contribution in [0.5, 0.6) is 5.75 Å². The molecule has 32 heavy (non-hydrogen) atoms. The zero-order valence-electron chi connectivity index (χ0n) is 18.9. The van der Waals surface area contributed by atoms with Crippen LogP contribution in [0.4, 0.5) is 5.69 Å². The number of hydrogen-bond acceptors (Lipinski definition) is 6. The smallest absolute Gasteiger partial charge is 0.162 e. The Balaban J connectivity index is 1.91. The van der Waals surface area contributed by atoms with Crippen LogP contribution >= 0.6 is 0 Å². The Morgan fingerprint density at radius 2 is 1.91 bits per heavy atom. The lowest BCUT2D eigenvalue weighted by Gasteiger charge is -2.43. The maximum Gasteiger partial charge on any atom is 0.162 e. The molecule has 2 aromatic rings. The van der Waals surface area contributed by atoms with E-state index in [9.17, 15) is 10.1 Å². The van der Waals surface area contributed by atoms with Gasteiger partial charge >= 0.3 is 0 Å². The van der Waals surface area contributed by atoms with E-state index in [1.54, 1.807) is 12.1 Å². The molecule has 0 aromatic heterocycles. The number of nitrogens with zero attached hydrogens (tertiary/aromatic N) is 2. The summed E-state index contributed by atoms with van der Waals surface area (Å²) < 4.78 is 5.40. The van der Waals surface area contributed by atoms with Gasteiger partial charge < -0.3 is 10.5 Å². The molecule has 2 aliphatic rings. The first-order chi connectivity index (χ1) is 15.3. The zero-order valence-corrected chi connectivity index (χ0v) is 18.9. The van der Waals surface area contributed by atoms with Crippen LogP contribution in [0.1, 0.15) is 43.7 Å². The number of methoxy groups -OCH3 is 1. The second kappa shape index (κ2) is 8.08. The highest BCUT2D eigenvalue weighted by molar-refractivity contribution is 6.00. The molecule has 0 saturated heterocycles. The fourth-order valence-corrected chi connectivity index (χ4v) is 4.69. The Kier molecular flexibility index (Phi) is 5.43. The van der Waals surface area contributed by atoms with Gasteiger partial charge in [-0.2, -0.15) is 5.26 Å². The number of carbonyl (C=O) groups is 1. The van der Waals surface area contributed by atoms with E-state index in [0.717, 1.165) is 28.3 Å². The first-order valence-electron chi connectivity index (χ1n) is 10.7. The number of anilines is 1. The summed E-state index contributed by atoms with van der Waals surface area (Å²) in [5.41, 5.74) is 14.2. The van der Waals surface area contributed by atoms with Crippen LogP contribution in [-0.2, 0) is 4.79 Å². The predicted octanol–water partition coefficient (Wildman–Crippen LogP) is 4.77. The van der Waals surface area contributed by atoms with Crippen LogP contribution in [0.15, 0.2) is 71.2 Å². The van der Waals surface area contributed by atoms with Crippen molar-refractivity contribution < 1.29 is 9.53 Å². The minimum absolute atomic E-state index is 0.0508. The Morgan fingerprint density at radius 3 is 2.53 bits per heavy atom. The molecule has 1 aliphatic carbocycles. The summed E-state index contributed by atoms with van der Waals surface area (Å²) in [7, 11) is 1.63. The number of hydrogen-bond donors (Lipinski definition) is 2. The van der Waals surface area contributed by atoms with E-state index in [2.05, 4.69) is 25.3 Å². The largest absolute Gasteiger partial charge is 0.496 e. The molecule has 6 heteroatoms. The lowest BCUT2D eigenvalue weighted by Crippen LogP contribution is -2.44. The van der Waals surface area contributed by atoms with Gasteiger partial charge in [0.1, 0.15) is 11.6 Å². The molecule has 0 fully saturated rings. The van der Waals surface area contributed by atoms with Crippen molar-refractivity contribution in [2.75, 3.05) is 12.5 Å². The summed E-state index contributed by atoms with van der Waals surface area (Å²) in [5.74, 6) is 0.628. The molecular formula is C26H28N4O2. The van der Waals surface area contributed by atoms with Crippen molar-refractivity contribution in [2.45, 2.75) is 39.5 Å². The first kappa shape index (κ1) is 21.5. The fraction of sp³-hybridized carbons (Fsp3) is 0.308. The van der Waals surface area contributed by atoms with Gasteiger partial charge in [-0.25, -0.2) is 5.01 Å². The number of Topliss-reactive ketones (excluding diaryl/α,β-unsaturated/α-hetero) is 1. The number of allylic oxidation sites excluding steroid dienone is 3. The molecule has 4 rings (SSSR count). The number of benzene rings is 2. The van der Waals surface area contributed by atoms with Gasteiger partial charge in [0.15, 0.2) is 5.78 Å². The second-order valence-corrected chi connectivity index (χ2v) is 9.19. The normalized spacial score (nSPS) is 20.0. The zero-order chi connectivity index (χ0) is 23.0. The molecular weight excluding hydrogens is 400 g/mol. The van der Waals surface area contributed by atoms with Gasteiger partial charge in [0.05, 0.1) is 36.1 Å². The van der Waals surface area contributed by atoms with Crippen molar-refractivity contribution in [3.05, 3.63) is 82.3 Å². The topological polar surface area (TPSA) is 91.4 Å². The van der Waals surface area contributed by atoms with Gasteiger partial charge in [-0.15, -0.1) is 0 Å². The van der Waals surface area contributed by atoms with E-state index >= 15 is 0 Å². The number of aryl methyl sites for hydroxylation is 1. The maximum atomic E-state index is 13.5. The van der Waals surface area contributed by atoms with E-state index in [1.807, 2.05) is 55.5 Å². The van der Waals surface area contributed by atoms with Crippen LogP contribution < -0.4 is 15.9 Å². The van der Waals surface area contributed by atoms with E-state index in [4.69, 9.17) is 10.5 Å². The summed E-state index contributed by atoms with van der Waals surface area (Å²) in [6.07, 6.45) is 1.09. The molecule has 6 nitrogen and oxygen atoms in total. The average Bonchev–Trinajstić information content (AvgIpc) is 2.75. The van der Waals surface area contributed by atoms with Crippen molar-refractivity contribution >= 4 is 11.5 Å². The predicted molar refractivity (Wildman–Crippen MR) is 124 cm³/mol. The summed E-state index contributed by atoms with van der Waals surface area (Å²) >= 11 is 0. The highest BCUT2D eigenvalue weighted by Gasteiger charge is 2.44. The third-order valence-corrected chi connectivity index (χ3v) is 6.15. The average molecular weight is 429 g/mol. The number of ketones is 1. The SMILES string of the molecule is COc1ccc([C@@H]2C(C#N)=C(N)N(Nc3ccccc3)C3=C2C(=O)CC(C)(C)C3)cc1C. The minimum atomic E-state index is -0.503.